The van der Waals surface area contributed by atoms with E-state index in [1.165, 1.54) is 17.0 Å². The fourth-order valence-corrected chi connectivity index (χ4v) is 2.91. The Morgan fingerprint density at radius 3 is 2.93 bits per heavy atom. The Bertz CT molecular complexity index is 1170. The molecule has 10 nitrogen and oxygen atoms in total. The van der Waals surface area contributed by atoms with E-state index < -0.39 is 5.97 Å². The summed E-state index contributed by atoms with van der Waals surface area (Å²) in [4.78, 5) is 25.1. The van der Waals surface area contributed by atoms with Crippen molar-refractivity contribution in [2.75, 3.05) is 7.11 Å². The molecular formula is C19H18N6O4. The summed E-state index contributed by atoms with van der Waals surface area (Å²) in [6.45, 7) is 3.74. The molecule has 0 aliphatic rings. The third kappa shape index (κ3) is 3.64. The lowest BCUT2D eigenvalue weighted by Crippen LogP contribution is -2.14. The summed E-state index contributed by atoms with van der Waals surface area (Å²) in [5.74, 6) is 1.11. The van der Waals surface area contributed by atoms with E-state index in [0.29, 0.717) is 28.6 Å². The number of carbonyl (C=O) groups excluding carboxylic acids is 1. The molecule has 4 rings (SSSR count). The van der Waals surface area contributed by atoms with Gasteiger partial charge in [0.05, 0.1) is 18.4 Å². The predicted molar refractivity (Wildman–Crippen MR) is 100 cm³/mol. The van der Waals surface area contributed by atoms with Gasteiger partial charge < -0.3 is 14.0 Å². The maximum Gasteiger partial charge on any atom is 0.342 e. The van der Waals surface area contributed by atoms with Gasteiger partial charge in [-0.3, -0.25) is 0 Å². The molecule has 0 N–H and O–H groups in total. The van der Waals surface area contributed by atoms with Crippen LogP contribution in [0.4, 0.5) is 0 Å². The van der Waals surface area contributed by atoms with Gasteiger partial charge in [0, 0.05) is 11.8 Å². The highest BCUT2D eigenvalue weighted by Gasteiger charge is 2.21. The molecule has 0 aliphatic heterocycles. The smallest absolute Gasteiger partial charge is 0.342 e. The Kier molecular flexibility index (Phi) is 4.90. The van der Waals surface area contributed by atoms with Crippen LogP contribution in [0, 0.1) is 0 Å². The molecule has 0 unspecified atom stereocenters. The molecule has 0 radical (unpaired) electrons. The second-order valence-corrected chi connectivity index (χ2v) is 6.50. The number of benzene rings is 1. The van der Waals surface area contributed by atoms with Gasteiger partial charge in [-0.05, 0) is 18.1 Å². The minimum atomic E-state index is -0.556. The summed E-state index contributed by atoms with van der Waals surface area (Å²) in [6.07, 6.45) is 2.83. The fraction of sp³-hybridized carbons (Fsp3) is 0.263. The minimum Gasteiger partial charge on any atom is -0.497 e. The van der Waals surface area contributed by atoms with Crippen LogP contribution in [0.15, 0.2) is 41.3 Å². The first-order valence-electron chi connectivity index (χ1n) is 8.89. The highest BCUT2D eigenvalue weighted by atomic mass is 16.6. The van der Waals surface area contributed by atoms with Crippen LogP contribution in [-0.4, -0.2) is 42.8 Å². The van der Waals surface area contributed by atoms with Crippen LogP contribution in [0.25, 0.3) is 17.2 Å². The third-order valence-electron chi connectivity index (χ3n) is 4.23. The number of hydrogen-bond acceptors (Lipinski definition) is 9. The lowest BCUT2D eigenvalue weighted by atomic mass is 10.1. The number of methoxy groups -OCH3 is 1. The van der Waals surface area contributed by atoms with Gasteiger partial charge in [0.1, 0.15) is 12.1 Å². The highest BCUT2D eigenvalue weighted by Crippen LogP contribution is 2.22. The first kappa shape index (κ1) is 18.5. The summed E-state index contributed by atoms with van der Waals surface area (Å²) >= 11 is 0. The molecule has 0 spiro atoms. The second kappa shape index (κ2) is 7.66. The quantitative estimate of drug-likeness (QED) is 0.455. The van der Waals surface area contributed by atoms with Crippen LogP contribution < -0.4 is 4.74 Å². The van der Waals surface area contributed by atoms with E-state index in [2.05, 4.69) is 25.2 Å². The number of hydrogen-bond donors (Lipinski definition) is 0. The van der Waals surface area contributed by atoms with E-state index in [1.54, 1.807) is 13.2 Å². The van der Waals surface area contributed by atoms with Gasteiger partial charge in [-0.25, -0.2) is 14.3 Å². The van der Waals surface area contributed by atoms with E-state index in [0.717, 1.165) is 5.56 Å². The van der Waals surface area contributed by atoms with Crippen LogP contribution in [0.5, 0.6) is 5.75 Å². The molecule has 3 heterocycles. The maximum atomic E-state index is 12.6. The van der Waals surface area contributed by atoms with Crippen LogP contribution in [0.2, 0.25) is 0 Å². The van der Waals surface area contributed by atoms with E-state index in [1.807, 2.05) is 32.0 Å². The third-order valence-corrected chi connectivity index (χ3v) is 4.23. The molecule has 148 valence electrons. The summed E-state index contributed by atoms with van der Waals surface area (Å²) in [5.41, 5.74) is 1.71. The fourth-order valence-electron chi connectivity index (χ4n) is 2.91. The van der Waals surface area contributed by atoms with Gasteiger partial charge >= 0.3 is 5.97 Å². The normalized spacial score (nSPS) is 11.2. The largest absolute Gasteiger partial charge is 0.497 e. The average Bonchev–Trinajstić information content (AvgIpc) is 3.40. The number of ether oxygens (including phenoxy) is 2. The summed E-state index contributed by atoms with van der Waals surface area (Å²) < 4.78 is 17.3. The number of rotatable bonds is 6. The van der Waals surface area contributed by atoms with E-state index in [-0.39, 0.29) is 18.4 Å². The summed E-state index contributed by atoms with van der Waals surface area (Å²) in [5, 5.41) is 8.06. The number of nitrogens with zero attached hydrogens (tertiary/aromatic N) is 6. The Morgan fingerprint density at radius 1 is 1.28 bits per heavy atom. The van der Waals surface area contributed by atoms with Crippen molar-refractivity contribution >= 4 is 11.7 Å². The molecule has 0 atom stereocenters. The van der Waals surface area contributed by atoms with Crippen LogP contribution >= 0.6 is 0 Å². The van der Waals surface area contributed by atoms with Crippen LogP contribution in [0.1, 0.15) is 41.7 Å². The topological polar surface area (TPSA) is 118 Å². The van der Waals surface area contributed by atoms with Crippen molar-refractivity contribution < 1.29 is 18.8 Å². The van der Waals surface area contributed by atoms with Crippen molar-refractivity contribution in [2.45, 2.75) is 26.4 Å². The van der Waals surface area contributed by atoms with Crippen molar-refractivity contribution in [3.05, 3.63) is 53.9 Å². The highest BCUT2D eigenvalue weighted by molar-refractivity contribution is 5.90. The lowest BCUT2D eigenvalue weighted by Gasteiger charge is -2.12. The molecule has 29 heavy (non-hydrogen) atoms. The molecule has 0 amide bonds. The average molecular weight is 394 g/mol. The molecule has 0 saturated carbocycles. The Hall–Kier alpha value is -3.82. The number of aromatic nitrogens is 6. The van der Waals surface area contributed by atoms with Gasteiger partial charge in [0.25, 0.3) is 11.7 Å². The van der Waals surface area contributed by atoms with Gasteiger partial charge in [-0.2, -0.15) is 15.1 Å². The zero-order valence-corrected chi connectivity index (χ0v) is 16.1. The molecule has 4 aromatic rings. The second-order valence-electron chi connectivity index (χ2n) is 6.50. The zero-order valence-electron chi connectivity index (χ0n) is 16.1. The monoisotopic (exact) mass is 394 g/mol. The van der Waals surface area contributed by atoms with E-state index in [9.17, 15) is 4.79 Å². The molecule has 10 heteroatoms. The SMILES string of the molecule is COc1cccc(-c2noc(COC(=O)c3cnc4ncnn4c3C(C)C)n2)c1. The Balaban J connectivity index is 1.51. The minimum absolute atomic E-state index is 0.00724. The maximum absolute atomic E-state index is 12.6. The standard InChI is InChI=1S/C19H18N6O4/c1-11(2)16-14(8-20-19-21-10-22-25(16)19)18(26)28-9-15-23-17(24-29-15)12-5-4-6-13(7-12)27-3/h4-8,10-11H,9H2,1-3H3. The van der Waals surface area contributed by atoms with Crippen LogP contribution in [-0.2, 0) is 11.3 Å². The Labute approximate surface area is 165 Å². The molecule has 1 aromatic carbocycles. The summed E-state index contributed by atoms with van der Waals surface area (Å²) in [7, 11) is 1.58. The summed E-state index contributed by atoms with van der Waals surface area (Å²) in [6, 6.07) is 7.26. The first-order valence-corrected chi connectivity index (χ1v) is 8.89. The Morgan fingerprint density at radius 2 is 2.14 bits per heavy atom. The number of carbonyl (C=O) groups is 1. The molecule has 3 aromatic heterocycles. The van der Waals surface area contributed by atoms with Gasteiger partial charge in [-0.1, -0.05) is 31.1 Å². The van der Waals surface area contributed by atoms with Crippen molar-refractivity contribution in [1.82, 2.24) is 29.7 Å². The van der Waals surface area contributed by atoms with Crippen LogP contribution in [0.3, 0.4) is 0 Å². The first-order chi connectivity index (χ1) is 14.1. The molecule has 0 aliphatic carbocycles. The van der Waals surface area contributed by atoms with E-state index >= 15 is 0 Å². The van der Waals surface area contributed by atoms with Crippen molar-refractivity contribution in [2.24, 2.45) is 0 Å². The zero-order chi connectivity index (χ0) is 20.4. The number of esters is 1. The predicted octanol–water partition coefficient (Wildman–Crippen LogP) is 2.66. The van der Waals surface area contributed by atoms with Gasteiger partial charge in [0.2, 0.25) is 5.82 Å². The van der Waals surface area contributed by atoms with Gasteiger partial charge in [-0.15, -0.1) is 0 Å². The molecule has 0 saturated heterocycles. The number of fused-ring (bicyclic) bond motifs is 1. The van der Waals surface area contributed by atoms with E-state index in [4.69, 9.17) is 14.0 Å². The molecular weight excluding hydrogens is 376 g/mol. The van der Waals surface area contributed by atoms with Crippen molar-refractivity contribution in [3.63, 3.8) is 0 Å². The van der Waals surface area contributed by atoms with Crippen molar-refractivity contribution in [1.29, 1.82) is 0 Å². The van der Waals surface area contributed by atoms with Crippen molar-refractivity contribution in [3.8, 4) is 17.1 Å². The molecule has 0 bridgehead atoms. The van der Waals surface area contributed by atoms with Gasteiger partial charge in [0.15, 0.2) is 6.61 Å². The lowest BCUT2D eigenvalue weighted by molar-refractivity contribution is 0.0426. The molecule has 0 fully saturated rings.